The number of hydrogen-bond acceptors (Lipinski definition) is 5. The van der Waals surface area contributed by atoms with Crippen LogP contribution in [0.15, 0.2) is 42.5 Å². The van der Waals surface area contributed by atoms with E-state index in [1.54, 1.807) is 18.2 Å². The molecular weight excluding hydrogens is 382 g/mol. The predicted octanol–water partition coefficient (Wildman–Crippen LogP) is 3.26. The molecular formula is C23H29N3O4. The molecule has 160 valence electrons. The Hall–Kier alpha value is -3.22. The van der Waals surface area contributed by atoms with E-state index in [9.17, 15) is 9.59 Å². The Balaban J connectivity index is 1.79. The highest BCUT2D eigenvalue weighted by Crippen LogP contribution is 2.32. The van der Waals surface area contributed by atoms with Crippen LogP contribution in [0.25, 0.3) is 0 Å². The van der Waals surface area contributed by atoms with Crippen LogP contribution in [0.1, 0.15) is 24.2 Å². The molecule has 1 fully saturated rings. The third-order valence-corrected chi connectivity index (χ3v) is 5.23. The number of carbonyl (C=O) groups excluding carboxylic acids is 2. The van der Waals surface area contributed by atoms with Gasteiger partial charge in [0.25, 0.3) is 5.91 Å². The first-order valence-electron chi connectivity index (χ1n) is 10.1. The molecule has 2 aromatic carbocycles. The molecule has 2 aromatic rings. The van der Waals surface area contributed by atoms with Crippen LogP contribution in [0, 0.1) is 5.92 Å². The molecule has 1 aliphatic rings. The number of benzene rings is 2. The van der Waals surface area contributed by atoms with E-state index in [0.717, 1.165) is 5.69 Å². The number of anilines is 2. The number of carbonyl (C=O) groups is 2. The topological polar surface area (TPSA) is 71.1 Å². The highest BCUT2D eigenvalue weighted by molar-refractivity contribution is 6.09. The quantitative estimate of drug-likeness (QED) is 0.790. The van der Waals surface area contributed by atoms with Crippen molar-refractivity contribution in [3.63, 3.8) is 0 Å². The number of nitrogens with one attached hydrogen (secondary N) is 1. The van der Waals surface area contributed by atoms with Crippen LogP contribution in [0.2, 0.25) is 0 Å². The molecule has 1 aliphatic heterocycles. The summed E-state index contributed by atoms with van der Waals surface area (Å²) >= 11 is 0. The molecule has 30 heavy (non-hydrogen) atoms. The second-order valence-electron chi connectivity index (χ2n) is 7.48. The first kappa shape index (κ1) is 21.5. The lowest BCUT2D eigenvalue weighted by Gasteiger charge is -2.37. The third-order valence-electron chi connectivity index (χ3n) is 5.23. The number of para-hydroxylation sites is 2. The van der Waals surface area contributed by atoms with Gasteiger partial charge in [0.15, 0.2) is 0 Å². The lowest BCUT2D eigenvalue weighted by Crippen LogP contribution is -2.50. The number of methoxy groups -OCH3 is 2. The molecule has 0 aliphatic carbocycles. The molecule has 2 amide bonds. The summed E-state index contributed by atoms with van der Waals surface area (Å²) in [5.74, 6) is 0.777. The second kappa shape index (κ2) is 9.52. The van der Waals surface area contributed by atoms with E-state index in [1.165, 1.54) is 14.2 Å². The Morgan fingerprint density at radius 3 is 2.07 bits per heavy atom. The average Bonchev–Trinajstić information content (AvgIpc) is 2.78. The van der Waals surface area contributed by atoms with E-state index < -0.39 is 0 Å². The van der Waals surface area contributed by atoms with Crippen molar-refractivity contribution in [2.45, 2.75) is 13.8 Å². The standard InChI is InChI=1S/C23H29N3O4/c1-16(2)23(28)26-14-12-25(13-15-26)18-9-6-5-8-17(18)24-22(27)21-19(29-3)10-7-11-20(21)30-4/h5-11,16H,12-15H2,1-4H3,(H,24,27). The average molecular weight is 412 g/mol. The van der Waals surface area contributed by atoms with Gasteiger partial charge in [0.1, 0.15) is 17.1 Å². The summed E-state index contributed by atoms with van der Waals surface area (Å²) in [6, 6.07) is 12.9. The van der Waals surface area contributed by atoms with Gasteiger partial charge < -0.3 is 24.6 Å². The summed E-state index contributed by atoms with van der Waals surface area (Å²) < 4.78 is 10.7. The van der Waals surface area contributed by atoms with Crippen molar-refractivity contribution in [3.8, 4) is 11.5 Å². The first-order chi connectivity index (χ1) is 14.5. The van der Waals surface area contributed by atoms with Crippen LogP contribution in [-0.4, -0.2) is 57.1 Å². The summed E-state index contributed by atoms with van der Waals surface area (Å²) in [6.45, 7) is 6.60. The number of rotatable bonds is 6. The number of amides is 2. The molecule has 1 N–H and O–H groups in total. The summed E-state index contributed by atoms with van der Waals surface area (Å²) in [6.07, 6.45) is 0. The molecule has 1 heterocycles. The van der Waals surface area contributed by atoms with E-state index >= 15 is 0 Å². The predicted molar refractivity (Wildman–Crippen MR) is 118 cm³/mol. The molecule has 0 unspecified atom stereocenters. The van der Waals surface area contributed by atoms with Crippen molar-refractivity contribution in [1.82, 2.24) is 4.90 Å². The SMILES string of the molecule is COc1cccc(OC)c1C(=O)Nc1ccccc1N1CCN(C(=O)C(C)C)CC1. The smallest absolute Gasteiger partial charge is 0.263 e. The van der Waals surface area contributed by atoms with Gasteiger partial charge in [-0.15, -0.1) is 0 Å². The van der Waals surface area contributed by atoms with Gasteiger partial charge >= 0.3 is 0 Å². The normalized spacial score (nSPS) is 13.9. The van der Waals surface area contributed by atoms with E-state index in [2.05, 4.69) is 10.2 Å². The fraction of sp³-hybridized carbons (Fsp3) is 0.391. The maximum atomic E-state index is 13.1. The Kier molecular flexibility index (Phi) is 6.82. The minimum absolute atomic E-state index is 0.000965. The zero-order valence-electron chi connectivity index (χ0n) is 18.0. The van der Waals surface area contributed by atoms with Gasteiger partial charge in [-0.1, -0.05) is 32.0 Å². The van der Waals surface area contributed by atoms with Crippen molar-refractivity contribution in [1.29, 1.82) is 0 Å². The largest absolute Gasteiger partial charge is 0.496 e. The van der Waals surface area contributed by atoms with Gasteiger partial charge in [-0.2, -0.15) is 0 Å². The van der Waals surface area contributed by atoms with Crippen LogP contribution >= 0.6 is 0 Å². The van der Waals surface area contributed by atoms with Gasteiger partial charge in [0.05, 0.1) is 25.6 Å². The first-order valence-corrected chi connectivity index (χ1v) is 10.1. The Morgan fingerprint density at radius 2 is 1.50 bits per heavy atom. The molecule has 3 rings (SSSR count). The van der Waals surface area contributed by atoms with Crippen molar-refractivity contribution in [2.24, 2.45) is 5.92 Å². The number of ether oxygens (including phenoxy) is 2. The third kappa shape index (κ3) is 4.50. The molecule has 0 aromatic heterocycles. The van der Waals surface area contributed by atoms with E-state index in [1.807, 2.05) is 43.0 Å². The van der Waals surface area contributed by atoms with Crippen LogP contribution < -0.4 is 19.7 Å². The summed E-state index contributed by atoms with van der Waals surface area (Å²) in [5.41, 5.74) is 1.99. The van der Waals surface area contributed by atoms with Crippen molar-refractivity contribution in [3.05, 3.63) is 48.0 Å². The highest BCUT2D eigenvalue weighted by Gasteiger charge is 2.25. The molecule has 0 radical (unpaired) electrons. The minimum atomic E-state index is -0.301. The molecule has 0 bridgehead atoms. The van der Waals surface area contributed by atoms with E-state index in [-0.39, 0.29) is 17.7 Å². The summed E-state index contributed by atoms with van der Waals surface area (Å²) in [5, 5.41) is 3.00. The van der Waals surface area contributed by atoms with Gasteiger partial charge in [-0.3, -0.25) is 9.59 Å². The van der Waals surface area contributed by atoms with Gasteiger partial charge in [0.2, 0.25) is 5.91 Å². The maximum absolute atomic E-state index is 13.1. The molecule has 0 atom stereocenters. The molecule has 7 heteroatoms. The van der Waals surface area contributed by atoms with Gasteiger partial charge in [-0.25, -0.2) is 0 Å². The second-order valence-corrected chi connectivity index (χ2v) is 7.48. The zero-order chi connectivity index (χ0) is 21.7. The maximum Gasteiger partial charge on any atom is 0.263 e. The monoisotopic (exact) mass is 411 g/mol. The molecule has 0 saturated carbocycles. The number of piperazine rings is 1. The van der Waals surface area contributed by atoms with Crippen LogP contribution in [0.4, 0.5) is 11.4 Å². The van der Waals surface area contributed by atoms with Crippen molar-refractivity contribution < 1.29 is 19.1 Å². The van der Waals surface area contributed by atoms with Crippen molar-refractivity contribution >= 4 is 23.2 Å². The number of nitrogens with zero attached hydrogens (tertiary/aromatic N) is 2. The Morgan fingerprint density at radius 1 is 0.900 bits per heavy atom. The molecule has 1 saturated heterocycles. The fourth-order valence-electron chi connectivity index (χ4n) is 3.65. The van der Waals surface area contributed by atoms with Crippen molar-refractivity contribution in [2.75, 3.05) is 50.6 Å². The zero-order valence-corrected chi connectivity index (χ0v) is 18.0. The van der Waals surface area contributed by atoms with Crippen LogP contribution in [-0.2, 0) is 4.79 Å². The van der Waals surface area contributed by atoms with Crippen LogP contribution in [0.3, 0.4) is 0 Å². The highest BCUT2D eigenvalue weighted by atomic mass is 16.5. The Labute approximate surface area is 177 Å². The lowest BCUT2D eigenvalue weighted by atomic mass is 10.1. The lowest BCUT2D eigenvalue weighted by molar-refractivity contribution is -0.134. The summed E-state index contributed by atoms with van der Waals surface area (Å²) in [4.78, 5) is 29.4. The minimum Gasteiger partial charge on any atom is -0.496 e. The molecule has 7 nitrogen and oxygen atoms in total. The van der Waals surface area contributed by atoms with Gasteiger partial charge in [-0.05, 0) is 24.3 Å². The summed E-state index contributed by atoms with van der Waals surface area (Å²) in [7, 11) is 3.05. The van der Waals surface area contributed by atoms with Crippen LogP contribution in [0.5, 0.6) is 11.5 Å². The van der Waals surface area contributed by atoms with Gasteiger partial charge in [0, 0.05) is 32.1 Å². The van der Waals surface area contributed by atoms with E-state index in [0.29, 0.717) is 48.9 Å². The molecule has 0 spiro atoms. The van der Waals surface area contributed by atoms with E-state index in [4.69, 9.17) is 9.47 Å². The Bertz CT molecular complexity index is 883. The fourth-order valence-corrected chi connectivity index (χ4v) is 3.65. The number of hydrogen-bond donors (Lipinski definition) is 1.